The smallest absolute Gasteiger partial charge is 0.225 e. The number of carbonyl (C=O) groups excluding carboxylic acids is 1. The molecule has 1 N–H and O–H groups in total. The van der Waals surface area contributed by atoms with Gasteiger partial charge in [0.25, 0.3) is 0 Å². The molecule has 0 aromatic heterocycles. The molecule has 0 aromatic carbocycles. The summed E-state index contributed by atoms with van der Waals surface area (Å²) in [5, 5.41) is 11.3. The molecule has 0 saturated carbocycles. The molecule has 0 aromatic rings. The zero-order chi connectivity index (χ0) is 9.40. The lowest BCUT2D eigenvalue weighted by atomic mass is 10.2. The van der Waals surface area contributed by atoms with E-state index in [4.69, 9.17) is 9.94 Å². The van der Waals surface area contributed by atoms with Gasteiger partial charge in [0.2, 0.25) is 5.90 Å². The first-order chi connectivity index (χ1) is 5.74. The fourth-order valence-corrected chi connectivity index (χ4v) is 0.741. The number of hydrogen-bond acceptors (Lipinski definition) is 4. The summed E-state index contributed by atoms with van der Waals surface area (Å²) in [6.45, 7) is 4.06. The second-order valence-electron chi connectivity index (χ2n) is 2.32. The molecule has 4 nitrogen and oxygen atoms in total. The van der Waals surface area contributed by atoms with E-state index < -0.39 is 0 Å². The molecule has 0 aliphatic rings. The summed E-state index contributed by atoms with van der Waals surface area (Å²) in [7, 11) is 0. The van der Waals surface area contributed by atoms with Crippen LogP contribution in [-0.4, -0.2) is 23.5 Å². The van der Waals surface area contributed by atoms with Crippen LogP contribution in [0, 0.1) is 0 Å². The van der Waals surface area contributed by atoms with E-state index in [1.807, 2.05) is 0 Å². The number of ketones is 1. The maximum Gasteiger partial charge on any atom is 0.225 e. The lowest BCUT2D eigenvalue weighted by Gasteiger charge is -2.03. The van der Waals surface area contributed by atoms with Crippen molar-refractivity contribution in [3.63, 3.8) is 0 Å². The number of ether oxygens (including phenoxy) is 1. The molecule has 70 valence electrons. The van der Waals surface area contributed by atoms with Gasteiger partial charge < -0.3 is 9.94 Å². The van der Waals surface area contributed by atoms with Gasteiger partial charge in [0.05, 0.1) is 6.61 Å². The van der Waals surface area contributed by atoms with Gasteiger partial charge in [0.1, 0.15) is 5.78 Å². The third-order valence-electron chi connectivity index (χ3n) is 1.43. The van der Waals surface area contributed by atoms with Crippen LogP contribution in [0.5, 0.6) is 0 Å². The predicted octanol–water partition coefficient (Wildman–Crippen LogP) is 1.57. The van der Waals surface area contributed by atoms with Gasteiger partial charge in [-0.05, 0) is 6.92 Å². The SMILES string of the molecule is CCOC(CCC(=O)CC)=NO. The first-order valence-electron chi connectivity index (χ1n) is 4.10. The van der Waals surface area contributed by atoms with Crippen LogP contribution in [0.1, 0.15) is 33.1 Å². The van der Waals surface area contributed by atoms with Crippen LogP contribution in [0.4, 0.5) is 0 Å². The Kier molecular flexibility index (Phi) is 6.05. The lowest BCUT2D eigenvalue weighted by Crippen LogP contribution is -2.07. The van der Waals surface area contributed by atoms with Gasteiger partial charge in [-0.2, -0.15) is 0 Å². The third kappa shape index (κ3) is 4.71. The highest BCUT2D eigenvalue weighted by Gasteiger charge is 2.04. The fourth-order valence-electron chi connectivity index (χ4n) is 0.741. The van der Waals surface area contributed by atoms with Crippen LogP contribution >= 0.6 is 0 Å². The molecule has 0 heterocycles. The molecule has 0 fully saturated rings. The van der Waals surface area contributed by atoms with Crippen LogP contribution in [0.25, 0.3) is 0 Å². The highest BCUT2D eigenvalue weighted by Crippen LogP contribution is 1.98. The van der Waals surface area contributed by atoms with Gasteiger partial charge in [-0.3, -0.25) is 4.79 Å². The third-order valence-corrected chi connectivity index (χ3v) is 1.43. The summed E-state index contributed by atoms with van der Waals surface area (Å²) < 4.78 is 4.93. The zero-order valence-electron chi connectivity index (χ0n) is 7.54. The van der Waals surface area contributed by atoms with E-state index in [0.717, 1.165) is 0 Å². The molecule has 0 amide bonds. The summed E-state index contributed by atoms with van der Waals surface area (Å²) in [4.78, 5) is 10.8. The molecule has 0 aliphatic carbocycles. The Bertz CT molecular complexity index is 166. The minimum Gasteiger partial charge on any atom is -0.479 e. The Labute approximate surface area is 72.2 Å². The van der Waals surface area contributed by atoms with Crippen molar-refractivity contribution in [3.05, 3.63) is 0 Å². The zero-order valence-corrected chi connectivity index (χ0v) is 7.54. The Balaban J connectivity index is 3.66. The molecular weight excluding hydrogens is 158 g/mol. The standard InChI is InChI=1S/C8H15NO3/c1-3-7(10)5-6-8(9-11)12-4-2/h11H,3-6H2,1-2H3. The van der Waals surface area contributed by atoms with Gasteiger partial charge in [0.15, 0.2) is 0 Å². The Hall–Kier alpha value is -1.06. The van der Waals surface area contributed by atoms with Crippen molar-refractivity contribution in [2.45, 2.75) is 33.1 Å². The normalized spacial score (nSPS) is 11.3. The van der Waals surface area contributed by atoms with E-state index in [1.54, 1.807) is 13.8 Å². The number of Topliss-reactive ketones (excluding diaryl/α,β-unsaturated/α-hetero) is 1. The number of rotatable bonds is 5. The quantitative estimate of drug-likeness (QED) is 0.297. The average Bonchev–Trinajstić information content (AvgIpc) is 2.11. The molecule has 0 radical (unpaired) electrons. The van der Waals surface area contributed by atoms with E-state index in [1.165, 1.54) is 0 Å². The number of nitrogens with zero attached hydrogens (tertiary/aromatic N) is 1. The highest BCUT2D eigenvalue weighted by atomic mass is 16.5. The van der Waals surface area contributed by atoms with Gasteiger partial charge >= 0.3 is 0 Å². The molecule has 4 heteroatoms. The molecular formula is C8H15NO3. The summed E-state index contributed by atoms with van der Waals surface area (Å²) in [5.41, 5.74) is 0. The summed E-state index contributed by atoms with van der Waals surface area (Å²) in [5.74, 6) is 0.384. The Morgan fingerprint density at radius 2 is 2.08 bits per heavy atom. The van der Waals surface area contributed by atoms with Gasteiger partial charge in [-0.1, -0.05) is 12.1 Å². The van der Waals surface area contributed by atoms with Crippen LogP contribution in [-0.2, 0) is 9.53 Å². The molecule has 12 heavy (non-hydrogen) atoms. The predicted molar refractivity (Wildman–Crippen MR) is 45.4 cm³/mol. The van der Waals surface area contributed by atoms with Gasteiger partial charge in [0, 0.05) is 19.3 Å². The first-order valence-corrected chi connectivity index (χ1v) is 4.10. The number of carbonyl (C=O) groups is 1. The summed E-state index contributed by atoms with van der Waals surface area (Å²) in [6.07, 6.45) is 1.29. The monoisotopic (exact) mass is 173 g/mol. The molecule has 0 spiro atoms. The second-order valence-corrected chi connectivity index (χ2v) is 2.32. The molecule has 0 aliphatic heterocycles. The highest BCUT2D eigenvalue weighted by molar-refractivity contribution is 5.84. The number of hydrogen-bond donors (Lipinski definition) is 1. The Morgan fingerprint density at radius 3 is 2.50 bits per heavy atom. The fraction of sp³-hybridized carbons (Fsp3) is 0.750. The molecule has 0 rings (SSSR count). The van der Waals surface area contributed by atoms with Crippen molar-refractivity contribution in [1.29, 1.82) is 0 Å². The molecule has 0 bridgehead atoms. The summed E-state index contributed by atoms with van der Waals surface area (Å²) >= 11 is 0. The van der Waals surface area contributed by atoms with Crippen LogP contribution in [0.3, 0.4) is 0 Å². The van der Waals surface area contributed by atoms with E-state index in [9.17, 15) is 4.79 Å². The molecule has 0 unspecified atom stereocenters. The lowest BCUT2D eigenvalue weighted by molar-refractivity contribution is -0.118. The molecule has 0 atom stereocenters. The molecule has 0 saturated heterocycles. The van der Waals surface area contributed by atoms with Crippen LogP contribution in [0.2, 0.25) is 0 Å². The van der Waals surface area contributed by atoms with E-state index in [2.05, 4.69) is 5.16 Å². The van der Waals surface area contributed by atoms with Crippen molar-refractivity contribution < 1.29 is 14.7 Å². The van der Waals surface area contributed by atoms with Crippen molar-refractivity contribution >= 4 is 11.7 Å². The van der Waals surface area contributed by atoms with Crippen molar-refractivity contribution in [1.82, 2.24) is 0 Å². The minimum absolute atomic E-state index is 0.149. The largest absolute Gasteiger partial charge is 0.479 e. The maximum absolute atomic E-state index is 10.8. The average molecular weight is 173 g/mol. The summed E-state index contributed by atoms with van der Waals surface area (Å²) in [6, 6.07) is 0. The van der Waals surface area contributed by atoms with E-state index >= 15 is 0 Å². The van der Waals surface area contributed by atoms with Crippen molar-refractivity contribution in [3.8, 4) is 0 Å². The maximum atomic E-state index is 10.8. The van der Waals surface area contributed by atoms with E-state index in [0.29, 0.717) is 25.9 Å². The Morgan fingerprint density at radius 1 is 1.42 bits per heavy atom. The van der Waals surface area contributed by atoms with Gasteiger partial charge in [-0.25, -0.2) is 0 Å². The second kappa shape index (κ2) is 6.64. The first kappa shape index (κ1) is 10.9. The minimum atomic E-state index is 0.149. The van der Waals surface area contributed by atoms with E-state index in [-0.39, 0.29) is 11.7 Å². The van der Waals surface area contributed by atoms with Crippen LogP contribution < -0.4 is 0 Å². The van der Waals surface area contributed by atoms with Gasteiger partial charge in [-0.15, -0.1) is 0 Å². The van der Waals surface area contributed by atoms with Crippen molar-refractivity contribution in [2.75, 3.05) is 6.61 Å². The topological polar surface area (TPSA) is 58.9 Å². The van der Waals surface area contributed by atoms with Crippen LogP contribution in [0.15, 0.2) is 5.16 Å². The van der Waals surface area contributed by atoms with Crippen molar-refractivity contribution in [2.24, 2.45) is 5.16 Å². The number of oxime groups is 1.